The zero-order valence-corrected chi connectivity index (χ0v) is 24.4. The molecular weight excluding hydrogens is 525 g/mol. The van der Waals surface area contributed by atoms with E-state index in [9.17, 15) is 14.4 Å². The van der Waals surface area contributed by atoms with Crippen LogP contribution >= 0.6 is 0 Å². The van der Waals surface area contributed by atoms with Crippen molar-refractivity contribution >= 4 is 23.5 Å². The fourth-order valence-corrected chi connectivity index (χ4v) is 6.26. The quantitative estimate of drug-likeness (QED) is 0.488. The van der Waals surface area contributed by atoms with Crippen LogP contribution in [0.25, 0.3) is 0 Å². The van der Waals surface area contributed by atoms with Gasteiger partial charge in [-0.05, 0) is 77.5 Å². The number of nitrogens with one attached hydrogen (secondary N) is 1. The lowest BCUT2D eigenvalue weighted by Gasteiger charge is -2.42. The third-order valence-corrected chi connectivity index (χ3v) is 8.19. The molecule has 2 amide bonds. The lowest BCUT2D eigenvalue weighted by molar-refractivity contribution is -0.161. The average molecular weight is 564 g/mol. The molecule has 5 rings (SSSR count). The number of hydrogen-bond donors (Lipinski definition) is 1. The molecule has 218 valence electrons. The first-order chi connectivity index (χ1) is 19.5. The van der Waals surface area contributed by atoms with E-state index in [1.807, 2.05) is 38.1 Å². The smallest absolute Gasteiger partial charge is 0.302 e. The van der Waals surface area contributed by atoms with Crippen molar-refractivity contribution in [3.63, 3.8) is 0 Å². The molecule has 0 aromatic heterocycles. The van der Waals surface area contributed by atoms with Gasteiger partial charge in [0.25, 0.3) is 5.91 Å². The first-order valence-electron chi connectivity index (χ1n) is 14.0. The molecule has 41 heavy (non-hydrogen) atoms. The number of fused-ring (bicyclic) bond motifs is 2. The molecule has 1 N–H and O–H groups in total. The van der Waals surface area contributed by atoms with Crippen molar-refractivity contribution in [2.75, 3.05) is 19.0 Å². The van der Waals surface area contributed by atoms with Crippen LogP contribution in [0.3, 0.4) is 0 Å². The van der Waals surface area contributed by atoms with Crippen LogP contribution in [0, 0.1) is 23.1 Å². The number of nitriles is 1. The highest BCUT2D eigenvalue weighted by Gasteiger charge is 2.44. The molecule has 2 aromatic carbocycles. The number of benzene rings is 2. The number of esters is 1. The molecule has 3 aliphatic rings. The molecule has 1 aliphatic heterocycles. The second-order valence-corrected chi connectivity index (χ2v) is 11.6. The summed E-state index contributed by atoms with van der Waals surface area (Å²) in [5, 5.41) is 10.2. The molecule has 0 spiro atoms. The van der Waals surface area contributed by atoms with Gasteiger partial charge >= 0.3 is 5.97 Å². The summed E-state index contributed by atoms with van der Waals surface area (Å²) in [6, 6.07) is 9.98. The SMILES string of the molecule is CC#N.COCc1ccc2c(c1)CCN(C(=O)[C@H]1C[C@@H](OC(C)=O)C1)[C@H]2C(=O)Nc1cc(F)c2c(c1)CCC2(C)C. The minimum Gasteiger partial charge on any atom is -0.463 e. The Labute approximate surface area is 240 Å². The minimum atomic E-state index is -0.844. The number of nitrogens with zero attached hydrogens (tertiary/aromatic N) is 2. The fraction of sp³-hybridized carbons (Fsp3) is 0.500. The summed E-state index contributed by atoms with van der Waals surface area (Å²) in [6.07, 6.45) is 2.87. The number of ether oxygens (including phenoxy) is 2. The third kappa shape index (κ3) is 6.43. The zero-order chi connectivity index (χ0) is 29.9. The van der Waals surface area contributed by atoms with E-state index in [1.54, 1.807) is 18.1 Å². The molecule has 0 saturated heterocycles. The van der Waals surface area contributed by atoms with E-state index in [0.29, 0.717) is 43.7 Å². The Morgan fingerprint density at radius 1 is 1.15 bits per heavy atom. The highest BCUT2D eigenvalue weighted by molar-refractivity contribution is 5.99. The number of aryl methyl sites for hydroxylation is 1. The standard InChI is InChI=1S/C30H35FN2O5.C2H3N/c1-17(34)38-23-13-21(14-23)29(36)33-10-8-19-11-18(16-37-4)5-6-24(19)27(33)28(35)32-22-12-20-7-9-30(2,3)26(20)25(31)15-22;1-2-3/h5-6,11-12,15,21,23,27H,7-10,13-14,16H2,1-4H3,(H,32,35);1H3/t21-,23+,27-;/m1./s1. The lowest BCUT2D eigenvalue weighted by Crippen LogP contribution is -2.51. The lowest BCUT2D eigenvalue weighted by atomic mass is 9.80. The third-order valence-electron chi connectivity index (χ3n) is 8.19. The molecule has 0 bridgehead atoms. The van der Waals surface area contributed by atoms with Gasteiger partial charge in [0.05, 0.1) is 12.7 Å². The monoisotopic (exact) mass is 563 g/mol. The molecule has 1 atom stereocenters. The summed E-state index contributed by atoms with van der Waals surface area (Å²) >= 11 is 0. The van der Waals surface area contributed by atoms with Crippen LogP contribution in [0.15, 0.2) is 30.3 Å². The highest BCUT2D eigenvalue weighted by atomic mass is 19.1. The van der Waals surface area contributed by atoms with E-state index in [2.05, 4.69) is 5.32 Å². The Balaban J connectivity index is 0.00000124. The van der Waals surface area contributed by atoms with E-state index < -0.39 is 6.04 Å². The number of amides is 2. The number of anilines is 1. The molecule has 0 radical (unpaired) electrons. The second-order valence-electron chi connectivity index (χ2n) is 11.6. The number of rotatable bonds is 6. The van der Waals surface area contributed by atoms with Crippen molar-refractivity contribution in [2.24, 2.45) is 5.92 Å². The Hall–Kier alpha value is -3.77. The zero-order valence-electron chi connectivity index (χ0n) is 24.4. The predicted molar refractivity (Wildman–Crippen MR) is 151 cm³/mol. The summed E-state index contributed by atoms with van der Waals surface area (Å²) in [7, 11) is 1.63. The first-order valence-corrected chi connectivity index (χ1v) is 14.0. The number of hydrogen-bond acceptors (Lipinski definition) is 6. The van der Waals surface area contributed by atoms with E-state index >= 15 is 4.39 Å². The van der Waals surface area contributed by atoms with Gasteiger partial charge in [-0.3, -0.25) is 14.4 Å². The fourth-order valence-electron chi connectivity index (χ4n) is 6.26. The minimum absolute atomic E-state index is 0.123. The van der Waals surface area contributed by atoms with Gasteiger partial charge in [0.2, 0.25) is 5.91 Å². The highest BCUT2D eigenvalue weighted by Crippen LogP contribution is 2.42. The van der Waals surface area contributed by atoms with E-state index in [4.69, 9.17) is 14.7 Å². The van der Waals surface area contributed by atoms with Gasteiger partial charge in [-0.1, -0.05) is 32.0 Å². The van der Waals surface area contributed by atoms with Crippen molar-refractivity contribution in [1.29, 1.82) is 5.26 Å². The number of halogens is 1. The molecule has 1 fully saturated rings. The van der Waals surface area contributed by atoms with Crippen LogP contribution in [0.1, 0.15) is 80.8 Å². The summed E-state index contributed by atoms with van der Waals surface area (Å²) < 4.78 is 25.6. The van der Waals surface area contributed by atoms with Crippen molar-refractivity contribution in [1.82, 2.24) is 4.90 Å². The van der Waals surface area contributed by atoms with E-state index in [1.165, 1.54) is 19.9 Å². The van der Waals surface area contributed by atoms with Crippen molar-refractivity contribution in [3.05, 3.63) is 64.0 Å². The Morgan fingerprint density at radius 3 is 2.51 bits per heavy atom. The Kier molecular flexibility index (Phi) is 9.13. The van der Waals surface area contributed by atoms with Crippen LogP contribution in [-0.2, 0) is 48.7 Å². The van der Waals surface area contributed by atoms with E-state index in [-0.39, 0.29) is 41.0 Å². The van der Waals surface area contributed by atoms with Crippen LogP contribution < -0.4 is 5.32 Å². The number of methoxy groups -OCH3 is 1. The van der Waals surface area contributed by atoms with Crippen LogP contribution in [0.4, 0.5) is 10.1 Å². The second kappa shape index (κ2) is 12.4. The van der Waals surface area contributed by atoms with Crippen molar-refractivity contribution in [2.45, 2.75) is 84.0 Å². The van der Waals surface area contributed by atoms with Crippen LogP contribution in [0.2, 0.25) is 0 Å². The average Bonchev–Trinajstić information content (AvgIpc) is 3.19. The van der Waals surface area contributed by atoms with Crippen LogP contribution in [-0.4, -0.2) is 42.4 Å². The molecule has 0 unspecified atom stereocenters. The summed E-state index contributed by atoms with van der Waals surface area (Å²) in [5.74, 6) is -1.47. The Bertz CT molecular complexity index is 1380. The number of carbonyl (C=O) groups is 3. The Morgan fingerprint density at radius 2 is 1.85 bits per heavy atom. The van der Waals surface area contributed by atoms with Gasteiger partial charge in [0, 0.05) is 39.1 Å². The summed E-state index contributed by atoms with van der Waals surface area (Å²) in [6.45, 7) is 7.70. The van der Waals surface area contributed by atoms with Gasteiger partial charge in [-0.25, -0.2) is 4.39 Å². The summed E-state index contributed by atoms with van der Waals surface area (Å²) in [5.41, 5.74) is 4.55. The topological polar surface area (TPSA) is 109 Å². The van der Waals surface area contributed by atoms with Gasteiger partial charge in [0.15, 0.2) is 0 Å². The largest absolute Gasteiger partial charge is 0.463 e. The molecule has 8 nitrogen and oxygen atoms in total. The predicted octanol–water partition coefficient (Wildman–Crippen LogP) is 5.13. The molecular formula is C32H38FN3O5. The molecule has 1 saturated carbocycles. The molecule has 9 heteroatoms. The molecule has 1 heterocycles. The van der Waals surface area contributed by atoms with Gasteiger partial charge in [-0.2, -0.15) is 5.26 Å². The van der Waals surface area contributed by atoms with Gasteiger partial charge in [-0.15, -0.1) is 0 Å². The van der Waals surface area contributed by atoms with Crippen LogP contribution in [0.5, 0.6) is 0 Å². The number of carbonyl (C=O) groups excluding carboxylic acids is 3. The van der Waals surface area contributed by atoms with Gasteiger partial charge in [0.1, 0.15) is 18.0 Å². The van der Waals surface area contributed by atoms with E-state index in [0.717, 1.165) is 35.1 Å². The molecule has 2 aliphatic carbocycles. The maximum Gasteiger partial charge on any atom is 0.302 e. The van der Waals surface area contributed by atoms with Crippen molar-refractivity contribution in [3.8, 4) is 6.07 Å². The normalized spacial score (nSPS) is 21.7. The summed E-state index contributed by atoms with van der Waals surface area (Å²) in [4.78, 5) is 40.3. The van der Waals surface area contributed by atoms with Crippen molar-refractivity contribution < 1.29 is 28.2 Å². The van der Waals surface area contributed by atoms with Gasteiger partial charge < -0.3 is 19.7 Å². The first kappa shape index (κ1) is 30.2. The maximum atomic E-state index is 15.1. The molecule has 2 aromatic rings. The maximum absolute atomic E-state index is 15.1.